The van der Waals surface area contributed by atoms with Crippen LogP contribution in [0.1, 0.15) is 61.6 Å². The summed E-state index contributed by atoms with van der Waals surface area (Å²) in [6.07, 6.45) is 3.64. The summed E-state index contributed by atoms with van der Waals surface area (Å²) in [5.74, 6) is 0.260. The molecule has 158 valence electrons. The number of amides is 1. The minimum atomic E-state index is -3.78. The lowest BCUT2D eigenvalue weighted by Gasteiger charge is -2.23. The van der Waals surface area contributed by atoms with Gasteiger partial charge in [-0.05, 0) is 44.9 Å². The number of benzene rings is 1. The van der Waals surface area contributed by atoms with Gasteiger partial charge in [-0.25, -0.2) is 8.42 Å². The number of carbonyl (C=O) groups excluding carboxylic acids is 1. The number of nitrogens with zero attached hydrogens (tertiary/aromatic N) is 3. The van der Waals surface area contributed by atoms with E-state index in [4.69, 9.17) is 16.1 Å². The van der Waals surface area contributed by atoms with Crippen molar-refractivity contribution in [3.05, 3.63) is 40.5 Å². The SMILES string of the molecule is Cc1nc(C(C)(C)NC(=O)c2ccc(Cl)c(S(=O)(=O)N3CCCCCC3)c2)no1. The van der Waals surface area contributed by atoms with Gasteiger partial charge in [0.25, 0.3) is 5.91 Å². The summed E-state index contributed by atoms with van der Waals surface area (Å²) in [5.41, 5.74) is -0.714. The predicted molar refractivity (Wildman–Crippen MR) is 108 cm³/mol. The highest BCUT2D eigenvalue weighted by Crippen LogP contribution is 2.28. The first-order chi connectivity index (χ1) is 13.6. The lowest BCUT2D eigenvalue weighted by atomic mass is 10.0. The zero-order valence-corrected chi connectivity index (χ0v) is 18.3. The molecule has 0 radical (unpaired) electrons. The van der Waals surface area contributed by atoms with E-state index in [0.29, 0.717) is 24.8 Å². The lowest BCUT2D eigenvalue weighted by molar-refractivity contribution is 0.0907. The molecule has 1 amide bonds. The number of halogens is 1. The van der Waals surface area contributed by atoms with E-state index in [-0.39, 0.29) is 15.5 Å². The first kappa shape index (κ1) is 21.7. The molecule has 1 fully saturated rings. The molecule has 10 heteroatoms. The van der Waals surface area contributed by atoms with E-state index in [9.17, 15) is 13.2 Å². The molecular weight excluding hydrogens is 416 g/mol. The van der Waals surface area contributed by atoms with Gasteiger partial charge in [-0.15, -0.1) is 0 Å². The van der Waals surface area contributed by atoms with Gasteiger partial charge >= 0.3 is 0 Å². The summed E-state index contributed by atoms with van der Waals surface area (Å²) in [6, 6.07) is 4.26. The Bertz CT molecular complexity index is 995. The first-order valence-electron chi connectivity index (χ1n) is 9.54. The van der Waals surface area contributed by atoms with E-state index in [1.54, 1.807) is 20.8 Å². The molecule has 2 aromatic rings. The van der Waals surface area contributed by atoms with Crippen LogP contribution in [0.3, 0.4) is 0 Å². The molecule has 0 spiro atoms. The van der Waals surface area contributed by atoms with Gasteiger partial charge in [0.2, 0.25) is 15.9 Å². The van der Waals surface area contributed by atoms with Gasteiger partial charge in [0, 0.05) is 25.6 Å². The Labute approximate surface area is 175 Å². The molecule has 3 rings (SSSR count). The third kappa shape index (κ3) is 4.79. The van der Waals surface area contributed by atoms with Gasteiger partial charge in [0.15, 0.2) is 5.82 Å². The van der Waals surface area contributed by atoms with Crippen molar-refractivity contribution >= 4 is 27.5 Å². The van der Waals surface area contributed by atoms with E-state index < -0.39 is 21.5 Å². The molecule has 0 bridgehead atoms. The van der Waals surface area contributed by atoms with Crippen LogP contribution in [0, 0.1) is 6.92 Å². The number of nitrogens with one attached hydrogen (secondary N) is 1. The molecule has 29 heavy (non-hydrogen) atoms. The largest absolute Gasteiger partial charge is 0.340 e. The minimum Gasteiger partial charge on any atom is -0.340 e. The van der Waals surface area contributed by atoms with Crippen LogP contribution in [0.15, 0.2) is 27.6 Å². The molecule has 0 unspecified atom stereocenters. The van der Waals surface area contributed by atoms with Crippen molar-refractivity contribution in [3.8, 4) is 0 Å². The van der Waals surface area contributed by atoms with Gasteiger partial charge in [-0.1, -0.05) is 29.6 Å². The minimum absolute atomic E-state index is 0.0538. The maximum absolute atomic E-state index is 13.1. The number of carbonyl (C=O) groups is 1. The molecular formula is C19H25ClN4O4S. The van der Waals surface area contributed by atoms with Gasteiger partial charge in [-0.3, -0.25) is 4.79 Å². The Morgan fingerprint density at radius 2 is 1.86 bits per heavy atom. The van der Waals surface area contributed by atoms with Crippen molar-refractivity contribution in [1.29, 1.82) is 0 Å². The third-order valence-corrected chi connectivity index (χ3v) is 7.27. The van der Waals surface area contributed by atoms with Crippen molar-refractivity contribution in [2.24, 2.45) is 0 Å². The Morgan fingerprint density at radius 1 is 1.21 bits per heavy atom. The summed E-state index contributed by atoms with van der Waals surface area (Å²) in [4.78, 5) is 16.9. The second-order valence-corrected chi connectivity index (χ2v) is 9.99. The van der Waals surface area contributed by atoms with Crippen LogP contribution in [-0.4, -0.2) is 41.9 Å². The fourth-order valence-corrected chi connectivity index (χ4v) is 5.25. The average Bonchev–Trinajstić information content (AvgIpc) is 2.92. The van der Waals surface area contributed by atoms with Gasteiger partial charge < -0.3 is 9.84 Å². The quantitative estimate of drug-likeness (QED) is 0.764. The standard InChI is InChI=1S/C19H25ClN4O4S/c1-13-21-18(23-28-13)19(2,3)22-17(25)14-8-9-15(20)16(12-14)29(26,27)24-10-6-4-5-7-11-24/h8-9,12H,4-7,10-11H2,1-3H3,(H,22,25). The molecule has 0 saturated carbocycles. The number of aromatic nitrogens is 2. The fraction of sp³-hybridized carbons (Fsp3) is 0.526. The van der Waals surface area contributed by atoms with Gasteiger partial charge in [-0.2, -0.15) is 9.29 Å². The van der Waals surface area contributed by atoms with E-state index in [1.807, 2.05) is 0 Å². The van der Waals surface area contributed by atoms with Gasteiger partial charge in [0.1, 0.15) is 4.90 Å². The van der Waals surface area contributed by atoms with Crippen LogP contribution in [0.25, 0.3) is 0 Å². The van der Waals surface area contributed by atoms with Crippen LogP contribution in [0.2, 0.25) is 5.02 Å². The molecule has 1 aliphatic heterocycles. The number of aryl methyl sites for hydroxylation is 1. The summed E-state index contributed by atoms with van der Waals surface area (Å²) >= 11 is 6.21. The van der Waals surface area contributed by atoms with Gasteiger partial charge in [0.05, 0.1) is 10.6 Å². The Balaban J connectivity index is 1.87. The van der Waals surface area contributed by atoms with Crippen molar-refractivity contribution in [2.75, 3.05) is 13.1 Å². The molecule has 1 aromatic carbocycles. The first-order valence-corrected chi connectivity index (χ1v) is 11.4. The third-order valence-electron chi connectivity index (χ3n) is 4.89. The highest BCUT2D eigenvalue weighted by Gasteiger charge is 2.31. The number of rotatable bonds is 5. The Kier molecular flexibility index (Phi) is 6.30. The molecule has 1 aliphatic rings. The number of sulfonamides is 1. The fourth-order valence-electron chi connectivity index (χ4n) is 3.23. The zero-order valence-electron chi connectivity index (χ0n) is 16.7. The summed E-state index contributed by atoms with van der Waals surface area (Å²) in [6.45, 7) is 6.05. The highest BCUT2D eigenvalue weighted by molar-refractivity contribution is 7.89. The average molecular weight is 441 g/mol. The zero-order chi connectivity index (χ0) is 21.2. The summed E-state index contributed by atoms with van der Waals surface area (Å²) in [5, 5.41) is 6.76. The van der Waals surface area contributed by atoms with Crippen LogP contribution >= 0.6 is 11.6 Å². The van der Waals surface area contributed by atoms with Crippen LogP contribution in [-0.2, 0) is 15.6 Å². The molecule has 1 N–H and O–H groups in total. The molecule has 1 aromatic heterocycles. The topological polar surface area (TPSA) is 105 Å². The van der Waals surface area contributed by atoms with E-state index in [2.05, 4.69) is 15.5 Å². The molecule has 2 heterocycles. The Morgan fingerprint density at radius 3 is 2.45 bits per heavy atom. The second-order valence-electron chi connectivity index (χ2n) is 7.68. The second kappa shape index (κ2) is 8.41. The summed E-state index contributed by atoms with van der Waals surface area (Å²) < 4.78 is 32.7. The van der Waals surface area contributed by atoms with Crippen molar-refractivity contribution in [3.63, 3.8) is 0 Å². The van der Waals surface area contributed by atoms with Crippen molar-refractivity contribution in [1.82, 2.24) is 19.8 Å². The molecule has 1 saturated heterocycles. The Hall–Kier alpha value is -1.97. The van der Waals surface area contributed by atoms with E-state index >= 15 is 0 Å². The number of hydrogen-bond donors (Lipinski definition) is 1. The summed E-state index contributed by atoms with van der Waals surface area (Å²) in [7, 11) is -3.78. The van der Waals surface area contributed by atoms with Crippen LogP contribution in [0.5, 0.6) is 0 Å². The smallest absolute Gasteiger partial charge is 0.252 e. The van der Waals surface area contributed by atoms with E-state index in [1.165, 1.54) is 22.5 Å². The number of hydrogen-bond acceptors (Lipinski definition) is 6. The van der Waals surface area contributed by atoms with Crippen molar-refractivity contribution in [2.45, 2.75) is 56.9 Å². The monoisotopic (exact) mass is 440 g/mol. The van der Waals surface area contributed by atoms with E-state index in [0.717, 1.165) is 25.7 Å². The maximum atomic E-state index is 13.1. The highest BCUT2D eigenvalue weighted by atomic mass is 35.5. The van der Waals surface area contributed by atoms with Crippen molar-refractivity contribution < 1.29 is 17.7 Å². The lowest BCUT2D eigenvalue weighted by Crippen LogP contribution is -2.42. The normalized spacial score (nSPS) is 16.4. The van der Waals surface area contributed by atoms with Crippen LogP contribution < -0.4 is 5.32 Å². The van der Waals surface area contributed by atoms with Crippen LogP contribution in [0.4, 0.5) is 0 Å². The molecule has 8 nitrogen and oxygen atoms in total. The molecule has 0 aliphatic carbocycles. The predicted octanol–water partition coefficient (Wildman–Crippen LogP) is 3.26. The maximum Gasteiger partial charge on any atom is 0.252 e. The molecule has 0 atom stereocenters.